The van der Waals surface area contributed by atoms with Crippen molar-refractivity contribution in [2.24, 2.45) is 0 Å². The molecule has 2 amide bonds. The van der Waals surface area contributed by atoms with Gasteiger partial charge in [0.15, 0.2) is 0 Å². The molecule has 1 N–H and O–H groups in total. The number of likely N-dealkylation sites (tertiary alicyclic amines) is 1. The fourth-order valence-corrected chi connectivity index (χ4v) is 2.22. The van der Waals surface area contributed by atoms with Crippen LogP contribution in [0.2, 0.25) is 0 Å². The number of amides is 2. The van der Waals surface area contributed by atoms with Gasteiger partial charge in [0.05, 0.1) is 5.56 Å². The molecule has 0 radical (unpaired) electrons. The average Bonchev–Trinajstić information content (AvgIpc) is 2.75. The van der Waals surface area contributed by atoms with Crippen molar-refractivity contribution >= 4 is 11.8 Å². The summed E-state index contributed by atoms with van der Waals surface area (Å²) in [6.07, 6.45) is 1.45. The lowest BCUT2D eigenvalue weighted by molar-refractivity contribution is -0.127. The lowest BCUT2D eigenvalue weighted by Gasteiger charge is -2.21. The summed E-state index contributed by atoms with van der Waals surface area (Å²) >= 11 is 0. The monoisotopic (exact) mass is 264 g/mol. The van der Waals surface area contributed by atoms with E-state index < -0.39 is 11.7 Å². The van der Waals surface area contributed by atoms with Gasteiger partial charge in [-0.05, 0) is 25.5 Å². The quantitative estimate of drug-likeness (QED) is 0.897. The van der Waals surface area contributed by atoms with Crippen molar-refractivity contribution in [2.75, 3.05) is 13.1 Å². The molecule has 2 rings (SSSR count). The number of halogens is 1. The first-order valence-corrected chi connectivity index (χ1v) is 6.41. The minimum absolute atomic E-state index is 0.0297. The Labute approximate surface area is 111 Å². The van der Waals surface area contributed by atoms with Gasteiger partial charge >= 0.3 is 0 Å². The third-order valence-electron chi connectivity index (χ3n) is 3.16. The van der Waals surface area contributed by atoms with Gasteiger partial charge in [-0.25, -0.2) is 4.39 Å². The predicted octanol–water partition coefficient (Wildman–Crippen LogP) is 1.57. The topological polar surface area (TPSA) is 49.4 Å². The smallest absolute Gasteiger partial charge is 0.254 e. The van der Waals surface area contributed by atoms with Crippen molar-refractivity contribution in [2.45, 2.75) is 25.8 Å². The molecule has 1 aromatic rings. The zero-order valence-electron chi connectivity index (χ0n) is 10.9. The minimum Gasteiger partial charge on any atom is -0.348 e. The van der Waals surface area contributed by atoms with Gasteiger partial charge in [-0.15, -0.1) is 0 Å². The summed E-state index contributed by atoms with van der Waals surface area (Å²) < 4.78 is 13.4. The molecule has 0 aliphatic carbocycles. The van der Waals surface area contributed by atoms with Crippen LogP contribution in [0, 0.1) is 5.82 Å². The molecule has 1 saturated heterocycles. The largest absolute Gasteiger partial charge is 0.348 e. The Balaban J connectivity index is 1.92. The molecule has 0 bridgehead atoms. The number of rotatable bonds is 4. The van der Waals surface area contributed by atoms with E-state index in [1.807, 2.05) is 6.92 Å². The number of carbonyl (C=O) groups excluding carboxylic acids is 2. The maximum absolute atomic E-state index is 13.4. The van der Waals surface area contributed by atoms with Gasteiger partial charge < -0.3 is 10.2 Å². The number of carbonyl (C=O) groups is 2. The lowest BCUT2D eigenvalue weighted by atomic mass is 10.2. The number of hydrogen-bond acceptors (Lipinski definition) is 2. The number of nitrogens with one attached hydrogen (secondary N) is 1. The normalized spacial score (nSPS) is 16.5. The molecular formula is C14H17FN2O2. The van der Waals surface area contributed by atoms with Crippen LogP contribution in [0.1, 0.15) is 30.1 Å². The van der Waals surface area contributed by atoms with Gasteiger partial charge in [-0.3, -0.25) is 9.59 Å². The Hall–Kier alpha value is -1.91. The average molecular weight is 264 g/mol. The first-order valence-electron chi connectivity index (χ1n) is 6.41. The third-order valence-corrected chi connectivity index (χ3v) is 3.16. The Bertz CT molecular complexity index is 490. The predicted molar refractivity (Wildman–Crippen MR) is 69.1 cm³/mol. The molecule has 0 saturated carbocycles. The van der Waals surface area contributed by atoms with Gasteiger partial charge in [0, 0.05) is 25.6 Å². The van der Waals surface area contributed by atoms with Crippen LogP contribution < -0.4 is 5.32 Å². The fourth-order valence-electron chi connectivity index (χ4n) is 2.22. The highest BCUT2D eigenvalue weighted by atomic mass is 19.1. The summed E-state index contributed by atoms with van der Waals surface area (Å²) in [4.78, 5) is 25.1. The van der Waals surface area contributed by atoms with E-state index in [4.69, 9.17) is 0 Å². The summed E-state index contributed by atoms with van der Waals surface area (Å²) in [7, 11) is 0. The van der Waals surface area contributed by atoms with E-state index in [0.717, 1.165) is 13.0 Å². The Morgan fingerprint density at radius 1 is 1.47 bits per heavy atom. The van der Waals surface area contributed by atoms with Gasteiger partial charge in [0.2, 0.25) is 5.91 Å². The van der Waals surface area contributed by atoms with E-state index in [1.165, 1.54) is 12.1 Å². The van der Waals surface area contributed by atoms with Crippen LogP contribution in [0.3, 0.4) is 0 Å². The van der Waals surface area contributed by atoms with E-state index in [-0.39, 0.29) is 17.5 Å². The Morgan fingerprint density at radius 2 is 2.21 bits per heavy atom. The molecule has 102 valence electrons. The summed E-state index contributed by atoms with van der Waals surface area (Å²) in [5.74, 6) is -0.867. The van der Waals surface area contributed by atoms with Crippen molar-refractivity contribution in [1.82, 2.24) is 10.2 Å². The molecule has 1 atom stereocenters. The van der Waals surface area contributed by atoms with Crippen LogP contribution in [0.5, 0.6) is 0 Å². The third kappa shape index (κ3) is 3.30. The summed E-state index contributed by atoms with van der Waals surface area (Å²) in [5.41, 5.74) is 0.0297. The van der Waals surface area contributed by atoms with Crippen LogP contribution in [0.15, 0.2) is 24.3 Å². The SMILES string of the molecule is CC(CN1CCCC1=O)NC(=O)c1ccccc1F. The Morgan fingerprint density at radius 3 is 2.84 bits per heavy atom. The van der Waals surface area contributed by atoms with Gasteiger partial charge in [-0.1, -0.05) is 12.1 Å². The lowest BCUT2D eigenvalue weighted by Crippen LogP contribution is -2.42. The number of hydrogen-bond donors (Lipinski definition) is 1. The minimum atomic E-state index is -0.538. The van der Waals surface area contributed by atoms with E-state index in [1.54, 1.807) is 17.0 Å². The van der Waals surface area contributed by atoms with Crippen LogP contribution in [0.4, 0.5) is 4.39 Å². The second kappa shape index (κ2) is 5.82. The zero-order valence-corrected chi connectivity index (χ0v) is 10.9. The van der Waals surface area contributed by atoms with Crippen LogP contribution in [-0.2, 0) is 4.79 Å². The van der Waals surface area contributed by atoms with Crippen molar-refractivity contribution in [1.29, 1.82) is 0 Å². The standard InChI is InChI=1S/C14H17FN2O2/c1-10(9-17-8-4-7-13(17)18)16-14(19)11-5-2-3-6-12(11)15/h2-3,5-6,10H,4,7-9H2,1H3,(H,16,19). The molecule has 19 heavy (non-hydrogen) atoms. The van der Waals surface area contributed by atoms with Gasteiger partial charge in [0.25, 0.3) is 5.91 Å². The second-order valence-electron chi connectivity index (χ2n) is 4.80. The van der Waals surface area contributed by atoms with Crippen LogP contribution in [0.25, 0.3) is 0 Å². The highest BCUT2D eigenvalue weighted by Crippen LogP contribution is 2.10. The molecule has 1 heterocycles. The molecule has 0 spiro atoms. The molecular weight excluding hydrogens is 247 g/mol. The first-order chi connectivity index (χ1) is 9.08. The maximum Gasteiger partial charge on any atom is 0.254 e. The zero-order chi connectivity index (χ0) is 13.8. The summed E-state index contributed by atoms with van der Waals surface area (Å²) in [6, 6.07) is 5.65. The fraction of sp³-hybridized carbons (Fsp3) is 0.429. The first kappa shape index (κ1) is 13.5. The molecule has 1 aliphatic heterocycles. The molecule has 1 aliphatic rings. The summed E-state index contributed by atoms with van der Waals surface area (Å²) in [5, 5.41) is 2.71. The van der Waals surface area contributed by atoms with E-state index in [0.29, 0.717) is 13.0 Å². The van der Waals surface area contributed by atoms with E-state index in [2.05, 4.69) is 5.32 Å². The highest BCUT2D eigenvalue weighted by Gasteiger charge is 2.22. The molecule has 1 unspecified atom stereocenters. The Kier molecular flexibility index (Phi) is 4.14. The maximum atomic E-state index is 13.4. The second-order valence-corrected chi connectivity index (χ2v) is 4.80. The molecule has 1 fully saturated rings. The van der Waals surface area contributed by atoms with Crippen LogP contribution >= 0.6 is 0 Å². The molecule has 0 aromatic heterocycles. The summed E-state index contributed by atoms with van der Waals surface area (Å²) in [6.45, 7) is 3.02. The molecule has 5 heteroatoms. The highest BCUT2D eigenvalue weighted by molar-refractivity contribution is 5.94. The van der Waals surface area contributed by atoms with Crippen molar-refractivity contribution in [3.05, 3.63) is 35.6 Å². The molecule has 1 aromatic carbocycles. The molecule has 4 nitrogen and oxygen atoms in total. The van der Waals surface area contributed by atoms with Crippen LogP contribution in [-0.4, -0.2) is 35.8 Å². The van der Waals surface area contributed by atoms with Crippen molar-refractivity contribution < 1.29 is 14.0 Å². The van der Waals surface area contributed by atoms with Crippen molar-refractivity contribution in [3.8, 4) is 0 Å². The number of benzene rings is 1. The van der Waals surface area contributed by atoms with E-state index in [9.17, 15) is 14.0 Å². The number of nitrogens with zero attached hydrogens (tertiary/aromatic N) is 1. The van der Waals surface area contributed by atoms with Gasteiger partial charge in [0.1, 0.15) is 5.82 Å². The van der Waals surface area contributed by atoms with Gasteiger partial charge in [-0.2, -0.15) is 0 Å². The van der Waals surface area contributed by atoms with E-state index >= 15 is 0 Å². The van der Waals surface area contributed by atoms with Crippen molar-refractivity contribution in [3.63, 3.8) is 0 Å².